The first-order chi connectivity index (χ1) is 7.57. The Hall–Kier alpha value is -1.43. The number of nitro benzene ring substituents is 1. The van der Waals surface area contributed by atoms with E-state index in [1.807, 2.05) is 0 Å². The van der Waals surface area contributed by atoms with Gasteiger partial charge in [0.2, 0.25) is 0 Å². The van der Waals surface area contributed by atoms with Crippen LogP contribution in [0.15, 0.2) is 24.3 Å². The van der Waals surface area contributed by atoms with Crippen molar-refractivity contribution in [1.82, 2.24) is 0 Å². The highest BCUT2D eigenvalue weighted by atomic mass is 79.9. The van der Waals surface area contributed by atoms with Crippen LogP contribution >= 0.6 is 15.9 Å². The van der Waals surface area contributed by atoms with Crippen molar-refractivity contribution >= 4 is 27.6 Å². The molecular formula is C10H10BrNO4. The SMILES string of the molecule is CCOC(=O)C(Br)c1ccccc1[N+](=O)[O-]. The molecule has 0 aliphatic heterocycles. The Bertz CT molecular complexity index is 408. The van der Waals surface area contributed by atoms with Gasteiger partial charge in [0.15, 0.2) is 0 Å². The number of benzene rings is 1. The first kappa shape index (κ1) is 12.6. The van der Waals surface area contributed by atoms with E-state index in [1.54, 1.807) is 19.1 Å². The molecule has 16 heavy (non-hydrogen) atoms. The lowest BCUT2D eigenvalue weighted by atomic mass is 10.1. The molecule has 5 nitrogen and oxygen atoms in total. The topological polar surface area (TPSA) is 69.4 Å². The fourth-order valence-corrected chi connectivity index (χ4v) is 1.73. The van der Waals surface area contributed by atoms with E-state index in [0.717, 1.165) is 0 Å². The molecule has 1 aromatic rings. The lowest BCUT2D eigenvalue weighted by molar-refractivity contribution is -0.385. The van der Waals surface area contributed by atoms with Crippen LogP contribution in [0.25, 0.3) is 0 Å². The lowest BCUT2D eigenvalue weighted by Gasteiger charge is -2.09. The van der Waals surface area contributed by atoms with Crippen LogP contribution in [0, 0.1) is 10.1 Å². The number of halogens is 1. The summed E-state index contributed by atoms with van der Waals surface area (Å²) in [6.45, 7) is 1.92. The minimum absolute atomic E-state index is 0.0996. The van der Waals surface area contributed by atoms with E-state index in [0.29, 0.717) is 5.56 Å². The quantitative estimate of drug-likeness (QED) is 0.369. The van der Waals surface area contributed by atoms with Crippen LogP contribution in [0.4, 0.5) is 5.69 Å². The minimum atomic E-state index is -0.811. The zero-order chi connectivity index (χ0) is 12.1. The van der Waals surface area contributed by atoms with E-state index < -0.39 is 15.7 Å². The Balaban J connectivity index is 3.03. The summed E-state index contributed by atoms with van der Waals surface area (Å²) in [6.07, 6.45) is 0. The molecule has 0 amide bonds. The average molecular weight is 288 g/mol. The smallest absolute Gasteiger partial charge is 0.324 e. The largest absolute Gasteiger partial charge is 0.465 e. The van der Waals surface area contributed by atoms with Crippen LogP contribution in [0.5, 0.6) is 0 Å². The maximum absolute atomic E-state index is 11.4. The van der Waals surface area contributed by atoms with Gasteiger partial charge in [-0.1, -0.05) is 34.1 Å². The number of rotatable bonds is 4. The maximum Gasteiger partial charge on any atom is 0.324 e. The highest BCUT2D eigenvalue weighted by molar-refractivity contribution is 9.09. The number of ether oxygens (including phenoxy) is 1. The van der Waals surface area contributed by atoms with Gasteiger partial charge < -0.3 is 4.74 Å². The Morgan fingerprint density at radius 2 is 2.19 bits per heavy atom. The Labute approximate surface area is 101 Å². The molecule has 86 valence electrons. The van der Waals surface area contributed by atoms with Gasteiger partial charge in [-0.25, -0.2) is 0 Å². The molecule has 0 aromatic heterocycles. The van der Waals surface area contributed by atoms with E-state index in [4.69, 9.17) is 4.74 Å². The number of para-hydroxylation sites is 1. The highest BCUT2D eigenvalue weighted by Gasteiger charge is 2.25. The molecule has 1 rings (SSSR count). The monoisotopic (exact) mass is 287 g/mol. The van der Waals surface area contributed by atoms with Gasteiger partial charge in [-0.3, -0.25) is 14.9 Å². The number of nitro groups is 1. The van der Waals surface area contributed by atoms with Crippen LogP contribution in [0.1, 0.15) is 17.3 Å². The molecule has 1 unspecified atom stereocenters. The van der Waals surface area contributed by atoms with Crippen molar-refractivity contribution in [1.29, 1.82) is 0 Å². The summed E-state index contributed by atoms with van der Waals surface area (Å²) in [5.41, 5.74) is 0.198. The van der Waals surface area contributed by atoms with Crippen LogP contribution < -0.4 is 0 Å². The van der Waals surface area contributed by atoms with Crippen molar-refractivity contribution in [3.8, 4) is 0 Å². The van der Waals surface area contributed by atoms with Crippen LogP contribution in [-0.4, -0.2) is 17.5 Å². The number of hydrogen-bond donors (Lipinski definition) is 0. The predicted octanol–water partition coefficient (Wildman–Crippen LogP) is 2.59. The van der Waals surface area contributed by atoms with Crippen molar-refractivity contribution in [2.45, 2.75) is 11.8 Å². The predicted molar refractivity (Wildman–Crippen MR) is 61.4 cm³/mol. The Morgan fingerprint density at radius 1 is 1.56 bits per heavy atom. The molecule has 0 N–H and O–H groups in total. The summed E-state index contributed by atoms with van der Waals surface area (Å²) in [4.78, 5) is 20.8. The molecule has 6 heteroatoms. The molecule has 0 spiro atoms. The van der Waals surface area contributed by atoms with Gasteiger partial charge in [-0.2, -0.15) is 0 Å². The standard InChI is InChI=1S/C10H10BrNO4/c1-2-16-10(13)9(11)7-5-3-4-6-8(7)12(14)15/h3-6,9H,2H2,1H3. The summed E-state index contributed by atoms with van der Waals surface area (Å²) in [5.74, 6) is -0.531. The maximum atomic E-state index is 11.4. The van der Waals surface area contributed by atoms with Crippen LogP contribution in [-0.2, 0) is 9.53 Å². The number of hydrogen-bond acceptors (Lipinski definition) is 4. The average Bonchev–Trinajstić information content (AvgIpc) is 2.28. The summed E-state index contributed by atoms with van der Waals surface area (Å²) in [7, 11) is 0. The second-order valence-corrected chi connectivity index (χ2v) is 3.85. The number of alkyl halides is 1. The fourth-order valence-electron chi connectivity index (χ4n) is 1.21. The van der Waals surface area contributed by atoms with Crippen LogP contribution in [0.2, 0.25) is 0 Å². The van der Waals surface area contributed by atoms with Crippen molar-refractivity contribution in [3.63, 3.8) is 0 Å². The second-order valence-electron chi connectivity index (χ2n) is 2.93. The van der Waals surface area contributed by atoms with E-state index in [2.05, 4.69) is 15.9 Å². The van der Waals surface area contributed by atoms with Crippen molar-refractivity contribution in [2.75, 3.05) is 6.61 Å². The zero-order valence-corrected chi connectivity index (χ0v) is 10.1. The van der Waals surface area contributed by atoms with E-state index >= 15 is 0 Å². The number of nitrogens with zero attached hydrogens (tertiary/aromatic N) is 1. The van der Waals surface area contributed by atoms with E-state index in [9.17, 15) is 14.9 Å². The highest BCUT2D eigenvalue weighted by Crippen LogP contribution is 2.31. The van der Waals surface area contributed by atoms with Crippen molar-refractivity contribution in [2.24, 2.45) is 0 Å². The Kier molecular flexibility index (Phi) is 4.42. The molecule has 1 aromatic carbocycles. The zero-order valence-electron chi connectivity index (χ0n) is 8.55. The lowest BCUT2D eigenvalue weighted by Crippen LogP contribution is -2.12. The van der Waals surface area contributed by atoms with Gasteiger partial charge in [0.1, 0.15) is 4.83 Å². The normalized spacial score (nSPS) is 11.9. The van der Waals surface area contributed by atoms with Gasteiger partial charge in [-0.05, 0) is 6.92 Å². The molecular weight excluding hydrogens is 278 g/mol. The summed E-state index contributed by atoms with van der Waals surface area (Å²) >= 11 is 3.09. The number of carbonyl (C=O) groups is 1. The van der Waals surface area contributed by atoms with Gasteiger partial charge in [0.05, 0.1) is 17.1 Å². The molecule has 0 saturated carbocycles. The molecule has 0 radical (unpaired) electrons. The molecule has 1 atom stereocenters. The van der Waals surface area contributed by atoms with E-state index in [-0.39, 0.29) is 12.3 Å². The van der Waals surface area contributed by atoms with Crippen LogP contribution in [0.3, 0.4) is 0 Å². The van der Waals surface area contributed by atoms with Gasteiger partial charge in [0.25, 0.3) is 5.69 Å². The summed E-state index contributed by atoms with van der Waals surface area (Å²) in [6, 6.07) is 6.06. The molecule has 0 aliphatic rings. The van der Waals surface area contributed by atoms with Gasteiger partial charge in [0, 0.05) is 6.07 Å². The third-order valence-electron chi connectivity index (χ3n) is 1.90. The first-order valence-electron chi connectivity index (χ1n) is 4.62. The number of esters is 1. The van der Waals surface area contributed by atoms with E-state index in [1.165, 1.54) is 12.1 Å². The second kappa shape index (κ2) is 5.60. The van der Waals surface area contributed by atoms with Crippen molar-refractivity contribution in [3.05, 3.63) is 39.9 Å². The molecule has 0 bridgehead atoms. The van der Waals surface area contributed by atoms with Gasteiger partial charge in [-0.15, -0.1) is 0 Å². The first-order valence-corrected chi connectivity index (χ1v) is 5.53. The summed E-state index contributed by atoms with van der Waals surface area (Å²) in [5, 5.41) is 10.7. The Morgan fingerprint density at radius 3 is 2.75 bits per heavy atom. The van der Waals surface area contributed by atoms with Gasteiger partial charge >= 0.3 is 5.97 Å². The third-order valence-corrected chi connectivity index (χ3v) is 2.77. The third kappa shape index (κ3) is 2.79. The minimum Gasteiger partial charge on any atom is -0.465 e. The fraction of sp³-hybridized carbons (Fsp3) is 0.300. The molecule has 0 fully saturated rings. The summed E-state index contributed by atoms with van der Waals surface area (Å²) < 4.78 is 4.78. The molecule has 0 heterocycles. The molecule has 0 saturated heterocycles. The number of carbonyl (C=O) groups excluding carboxylic acids is 1. The van der Waals surface area contributed by atoms with Crippen molar-refractivity contribution < 1.29 is 14.5 Å². The molecule has 0 aliphatic carbocycles.